The van der Waals surface area contributed by atoms with E-state index in [1.54, 1.807) is 0 Å². The predicted octanol–water partition coefficient (Wildman–Crippen LogP) is 0.298. The molecule has 0 amide bonds. The van der Waals surface area contributed by atoms with E-state index in [1.165, 1.54) is 7.05 Å². The number of nitrogens with one attached hydrogen (secondary N) is 1. The Morgan fingerprint density at radius 2 is 2.35 bits per heavy atom. The van der Waals surface area contributed by atoms with Crippen LogP contribution in [-0.4, -0.2) is 60.3 Å². The molecule has 9 heteroatoms. The van der Waals surface area contributed by atoms with Gasteiger partial charge in [0.1, 0.15) is 5.56 Å². The molecule has 8 nitrogen and oxygen atoms in total. The van der Waals surface area contributed by atoms with Crippen molar-refractivity contribution in [2.75, 3.05) is 20.2 Å². The molecule has 0 spiro atoms. The molecule has 1 atom stereocenters. The molecule has 0 aromatic carbocycles. The van der Waals surface area contributed by atoms with Crippen LogP contribution in [0.25, 0.3) is 0 Å². The molecule has 1 aliphatic rings. The second-order valence-corrected chi connectivity index (χ2v) is 6.67. The second kappa shape index (κ2) is 5.90. The van der Waals surface area contributed by atoms with Crippen LogP contribution in [0.5, 0.6) is 0 Å². The molecule has 0 saturated carbocycles. The third kappa shape index (κ3) is 3.00. The van der Waals surface area contributed by atoms with Gasteiger partial charge in [0.2, 0.25) is 0 Å². The van der Waals surface area contributed by atoms with Crippen molar-refractivity contribution in [3.8, 4) is 0 Å². The van der Waals surface area contributed by atoms with E-state index in [9.17, 15) is 13.2 Å². The van der Waals surface area contributed by atoms with Crippen LogP contribution >= 0.6 is 0 Å². The molecular weight excluding hydrogens is 286 g/mol. The molecule has 1 aliphatic heterocycles. The highest BCUT2D eigenvalue weighted by molar-refractivity contribution is 7.89. The lowest BCUT2D eigenvalue weighted by molar-refractivity contribution is 0.00856. The van der Waals surface area contributed by atoms with Crippen molar-refractivity contribution >= 4 is 16.0 Å². The number of H-pyrrole nitrogens is 1. The minimum atomic E-state index is -3.92. The quantitative estimate of drug-likeness (QED) is 0.809. The Morgan fingerprint density at radius 3 is 2.95 bits per heavy atom. The van der Waals surface area contributed by atoms with Gasteiger partial charge in [-0.2, -0.15) is 9.40 Å². The summed E-state index contributed by atoms with van der Waals surface area (Å²) in [6.45, 7) is 0.823. The van der Waals surface area contributed by atoms with Crippen LogP contribution in [0.2, 0.25) is 0 Å². The fraction of sp³-hybridized carbons (Fsp3) is 0.636. The summed E-state index contributed by atoms with van der Waals surface area (Å²) in [4.78, 5) is 11.0. The molecule has 1 aromatic rings. The van der Waals surface area contributed by atoms with E-state index in [1.807, 2.05) is 0 Å². The number of nitrogens with zero attached hydrogens (tertiary/aromatic N) is 2. The first-order valence-corrected chi connectivity index (χ1v) is 7.71. The van der Waals surface area contributed by atoms with Gasteiger partial charge in [0.15, 0.2) is 5.03 Å². The minimum absolute atomic E-state index is 0.153. The summed E-state index contributed by atoms with van der Waals surface area (Å²) < 4.78 is 31.2. The molecule has 1 unspecified atom stereocenters. The number of ether oxygens (including phenoxy) is 1. The number of carboxylic acid groups (broad SMARTS) is 1. The Kier molecular flexibility index (Phi) is 4.41. The van der Waals surface area contributed by atoms with Gasteiger partial charge in [-0.25, -0.2) is 13.2 Å². The van der Waals surface area contributed by atoms with E-state index < -0.39 is 21.0 Å². The largest absolute Gasteiger partial charge is 0.478 e. The first-order chi connectivity index (χ1) is 9.43. The number of hydrogen-bond donors (Lipinski definition) is 2. The first kappa shape index (κ1) is 14.9. The van der Waals surface area contributed by atoms with Gasteiger partial charge in [0, 0.05) is 20.2 Å². The minimum Gasteiger partial charge on any atom is -0.478 e. The third-order valence-corrected chi connectivity index (χ3v) is 5.03. The van der Waals surface area contributed by atoms with Crippen LogP contribution in [0.1, 0.15) is 29.6 Å². The summed E-state index contributed by atoms with van der Waals surface area (Å²) in [6, 6.07) is 0. The van der Waals surface area contributed by atoms with E-state index in [0.29, 0.717) is 6.61 Å². The summed E-state index contributed by atoms with van der Waals surface area (Å²) in [5.41, 5.74) is -0.360. The van der Waals surface area contributed by atoms with Crippen molar-refractivity contribution in [2.45, 2.75) is 30.4 Å². The molecule has 1 aromatic heterocycles. The Bertz CT molecular complexity index is 577. The van der Waals surface area contributed by atoms with Gasteiger partial charge in [-0.15, -0.1) is 0 Å². The molecule has 2 rings (SSSR count). The standard InChI is InChI=1S/C11H17N3O5S/c1-14(7-8-4-2-3-5-19-8)20(17,18)10-9(11(15)16)6-12-13-10/h6,8H,2-5,7H2,1H3,(H,12,13)(H,15,16). The molecule has 0 bridgehead atoms. The number of carboxylic acids is 1. The molecule has 0 radical (unpaired) electrons. The Labute approximate surface area is 116 Å². The van der Waals surface area contributed by atoms with Gasteiger partial charge in [-0.1, -0.05) is 0 Å². The number of likely N-dealkylation sites (N-methyl/N-ethyl adjacent to an activating group) is 1. The van der Waals surface area contributed by atoms with E-state index in [2.05, 4.69) is 10.2 Å². The van der Waals surface area contributed by atoms with Crippen LogP contribution < -0.4 is 0 Å². The molecule has 2 heterocycles. The Hall–Kier alpha value is -1.45. The number of rotatable bonds is 5. The number of aromatic carboxylic acids is 1. The fourth-order valence-corrected chi connectivity index (χ4v) is 3.38. The normalized spacial score (nSPS) is 20.2. The van der Waals surface area contributed by atoms with Gasteiger partial charge in [0.25, 0.3) is 10.0 Å². The third-order valence-electron chi connectivity index (χ3n) is 3.24. The van der Waals surface area contributed by atoms with Crippen LogP contribution in [-0.2, 0) is 14.8 Å². The lowest BCUT2D eigenvalue weighted by Crippen LogP contribution is -2.37. The maximum absolute atomic E-state index is 12.3. The number of aromatic amines is 1. The Morgan fingerprint density at radius 1 is 1.60 bits per heavy atom. The zero-order chi connectivity index (χ0) is 14.8. The van der Waals surface area contributed by atoms with Crippen molar-refractivity contribution in [1.29, 1.82) is 0 Å². The maximum atomic E-state index is 12.3. The Balaban J connectivity index is 2.16. The van der Waals surface area contributed by atoms with Crippen molar-refractivity contribution < 1.29 is 23.1 Å². The molecule has 1 fully saturated rings. The van der Waals surface area contributed by atoms with Crippen LogP contribution in [0.15, 0.2) is 11.2 Å². The highest BCUT2D eigenvalue weighted by Gasteiger charge is 2.30. The SMILES string of the molecule is CN(CC1CCCCO1)S(=O)(=O)c1[nH]ncc1C(=O)O. The molecule has 0 aliphatic carbocycles. The number of hydrogen-bond acceptors (Lipinski definition) is 5. The molecular formula is C11H17N3O5S. The van der Waals surface area contributed by atoms with Crippen LogP contribution in [0.3, 0.4) is 0 Å². The number of sulfonamides is 1. The molecule has 2 N–H and O–H groups in total. The number of carbonyl (C=O) groups is 1. The zero-order valence-corrected chi connectivity index (χ0v) is 11.9. The van der Waals surface area contributed by atoms with Gasteiger partial charge < -0.3 is 9.84 Å². The van der Waals surface area contributed by atoms with Gasteiger partial charge in [0.05, 0.1) is 12.3 Å². The van der Waals surface area contributed by atoms with E-state index in [4.69, 9.17) is 9.84 Å². The fourth-order valence-electron chi connectivity index (χ4n) is 2.12. The average Bonchev–Trinajstić information content (AvgIpc) is 2.89. The zero-order valence-electron chi connectivity index (χ0n) is 11.1. The highest BCUT2D eigenvalue weighted by atomic mass is 32.2. The topological polar surface area (TPSA) is 113 Å². The average molecular weight is 303 g/mol. The smallest absolute Gasteiger partial charge is 0.340 e. The summed E-state index contributed by atoms with van der Waals surface area (Å²) in [5.74, 6) is -1.33. The molecule has 20 heavy (non-hydrogen) atoms. The van der Waals surface area contributed by atoms with Crippen LogP contribution in [0, 0.1) is 0 Å². The lowest BCUT2D eigenvalue weighted by atomic mass is 10.1. The van der Waals surface area contributed by atoms with E-state index in [0.717, 1.165) is 29.8 Å². The van der Waals surface area contributed by atoms with Crippen molar-refractivity contribution in [3.05, 3.63) is 11.8 Å². The second-order valence-electron chi connectivity index (χ2n) is 4.69. The van der Waals surface area contributed by atoms with Crippen molar-refractivity contribution in [2.24, 2.45) is 0 Å². The molecule has 112 valence electrons. The monoisotopic (exact) mass is 303 g/mol. The number of aromatic nitrogens is 2. The highest BCUT2D eigenvalue weighted by Crippen LogP contribution is 2.19. The summed E-state index contributed by atoms with van der Waals surface area (Å²) in [6.07, 6.45) is 3.62. The van der Waals surface area contributed by atoms with E-state index >= 15 is 0 Å². The molecule has 1 saturated heterocycles. The summed E-state index contributed by atoms with van der Waals surface area (Å²) >= 11 is 0. The summed E-state index contributed by atoms with van der Waals surface area (Å²) in [5, 5.41) is 14.3. The van der Waals surface area contributed by atoms with Gasteiger partial charge in [-0.3, -0.25) is 5.10 Å². The summed E-state index contributed by atoms with van der Waals surface area (Å²) in [7, 11) is -2.51. The van der Waals surface area contributed by atoms with Gasteiger partial charge in [-0.05, 0) is 19.3 Å². The maximum Gasteiger partial charge on any atom is 0.340 e. The van der Waals surface area contributed by atoms with Crippen molar-refractivity contribution in [1.82, 2.24) is 14.5 Å². The first-order valence-electron chi connectivity index (χ1n) is 6.27. The van der Waals surface area contributed by atoms with Gasteiger partial charge >= 0.3 is 5.97 Å². The van der Waals surface area contributed by atoms with E-state index in [-0.39, 0.29) is 18.2 Å². The van der Waals surface area contributed by atoms with Crippen molar-refractivity contribution in [3.63, 3.8) is 0 Å². The predicted molar refractivity (Wildman–Crippen MR) is 69.0 cm³/mol. The van der Waals surface area contributed by atoms with Crippen LogP contribution in [0.4, 0.5) is 0 Å². The lowest BCUT2D eigenvalue weighted by Gasteiger charge is -2.26.